The molecule has 3 rings (SSSR count). The van der Waals surface area contributed by atoms with Crippen molar-refractivity contribution in [2.24, 2.45) is 0 Å². The topological polar surface area (TPSA) is 51.2 Å². The van der Waals surface area contributed by atoms with E-state index in [1.165, 1.54) is 18.2 Å². The lowest BCUT2D eigenvalue weighted by Gasteiger charge is -2.10. The normalized spacial score (nSPS) is 10.6. The van der Waals surface area contributed by atoms with Crippen LogP contribution in [0.4, 0.5) is 10.1 Å². The molecule has 0 spiro atoms. The number of carbonyl (C=O) groups excluding carboxylic acids is 1. The molecule has 0 bridgehead atoms. The summed E-state index contributed by atoms with van der Waals surface area (Å²) < 4.78 is 19.0. The number of aromatic nitrogens is 1. The van der Waals surface area contributed by atoms with Gasteiger partial charge >= 0.3 is 0 Å². The molecule has 6 heteroatoms. The Kier molecular flexibility index (Phi) is 4.62. The van der Waals surface area contributed by atoms with Crippen LogP contribution >= 0.6 is 11.6 Å². The molecule has 122 valence electrons. The molecule has 1 amide bonds. The lowest BCUT2D eigenvalue weighted by atomic mass is 10.1. The van der Waals surface area contributed by atoms with Gasteiger partial charge < -0.3 is 10.1 Å². The third-order valence-corrected chi connectivity index (χ3v) is 3.61. The van der Waals surface area contributed by atoms with E-state index in [0.717, 1.165) is 0 Å². The van der Waals surface area contributed by atoms with E-state index in [9.17, 15) is 9.18 Å². The van der Waals surface area contributed by atoms with Gasteiger partial charge in [-0.15, -0.1) is 0 Å². The quantitative estimate of drug-likeness (QED) is 0.699. The SMILES string of the molecule is CCOc1ccc(NC(=O)c2cc(Cl)nc3ccccc23)cc1F. The highest BCUT2D eigenvalue weighted by Gasteiger charge is 2.14. The van der Waals surface area contributed by atoms with Gasteiger partial charge in [-0.2, -0.15) is 0 Å². The second kappa shape index (κ2) is 6.84. The van der Waals surface area contributed by atoms with Gasteiger partial charge in [-0.05, 0) is 31.2 Å². The second-order valence-corrected chi connectivity index (χ2v) is 5.43. The van der Waals surface area contributed by atoms with Crippen molar-refractivity contribution in [2.45, 2.75) is 6.92 Å². The van der Waals surface area contributed by atoms with E-state index < -0.39 is 5.82 Å². The van der Waals surface area contributed by atoms with E-state index >= 15 is 0 Å². The van der Waals surface area contributed by atoms with E-state index in [2.05, 4.69) is 10.3 Å². The van der Waals surface area contributed by atoms with Gasteiger partial charge in [0.2, 0.25) is 0 Å². The third-order valence-electron chi connectivity index (χ3n) is 3.42. The first kappa shape index (κ1) is 16.2. The number of para-hydroxylation sites is 1. The number of halogens is 2. The van der Waals surface area contributed by atoms with Crippen LogP contribution in [0.5, 0.6) is 5.75 Å². The summed E-state index contributed by atoms with van der Waals surface area (Å²) in [5.74, 6) is -0.778. The van der Waals surface area contributed by atoms with Gasteiger partial charge in [-0.1, -0.05) is 29.8 Å². The molecule has 24 heavy (non-hydrogen) atoms. The highest BCUT2D eigenvalue weighted by atomic mass is 35.5. The fourth-order valence-electron chi connectivity index (χ4n) is 2.38. The second-order valence-electron chi connectivity index (χ2n) is 5.04. The van der Waals surface area contributed by atoms with Gasteiger partial charge in [0, 0.05) is 17.1 Å². The van der Waals surface area contributed by atoms with Crippen LogP contribution in [0.2, 0.25) is 5.15 Å². The Labute approximate surface area is 143 Å². The maximum atomic E-state index is 13.9. The third kappa shape index (κ3) is 3.31. The minimum atomic E-state index is -0.535. The Balaban J connectivity index is 1.92. The van der Waals surface area contributed by atoms with Crippen LogP contribution in [-0.2, 0) is 0 Å². The zero-order chi connectivity index (χ0) is 17.1. The predicted molar refractivity (Wildman–Crippen MR) is 92.3 cm³/mol. The Morgan fingerprint density at radius 3 is 2.79 bits per heavy atom. The monoisotopic (exact) mass is 344 g/mol. The van der Waals surface area contributed by atoms with Gasteiger partial charge in [-0.25, -0.2) is 9.37 Å². The van der Waals surface area contributed by atoms with Crippen molar-refractivity contribution in [2.75, 3.05) is 11.9 Å². The highest BCUT2D eigenvalue weighted by Crippen LogP contribution is 2.24. The van der Waals surface area contributed by atoms with Crippen molar-refractivity contribution < 1.29 is 13.9 Å². The number of rotatable bonds is 4. The number of hydrogen-bond donors (Lipinski definition) is 1. The van der Waals surface area contributed by atoms with Crippen molar-refractivity contribution >= 4 is 34.1 Å². The molecule has 1 N–H and O–H groups in total. The molecule has 0 aliphatic rings. The van der Waals surface area contributed by atoms with E-state index in [1.807, 2.05) is 12.1 Å². The van der Waals surface area contributed by atoms with E-state index in [-0.39, 0.29) is 16.8 Å². The molecule has 0 unspecified atom stereocenters. The number of carbonyl (C=O) groups is 1. The number of nitrogens with one attached hydrogen (secondary N) is 1. The summed E-state index contributed by atoms with van der Waals surface area (Å²) in [5, 5.41) is 3.56. The van der Waals surface area contributed by atoms with Gasteiger partial charge in [0.25, 0.3) is 5.91 Å². The predicted octanol–water partition coefficient (Wildman–Crippen LogP) is 4.68. The summed E-state index contributed by atoms with van der Waals surface area (Å²) in [6.07, 6.45) is 0. The first-order valence-corrected chi connectivity index (χ1v) is 7.75. The summed E-state index contributed by atoms with van der Waals surface area (Å²) >= 11 is 5.98. The number of pyridine rings is 1. The highest BCUT2D eigenvalue weighted by molar-refractivity contribution is 6.30. The van der Waals surface area contributed by atoms with Crippen LogP contribution in [0.1, 0.15) is 17.3 Å². The Bertz CT molecular complexity index is 915. The molecule has 0 saturated heterocycles. The van der Waals surface area contributed by atoms with Crippen molar-refractivity contribution in [1.29, 1.82) is 0 Å². The number of amides is 1. The maximum absolute atomic E-state index is 13.9. The molecule has 0 radical (unpaired) electrons. The summed E-state index contributed by atoms with van der Waals surface area (Å²) in [5.41, 5.74) is 1.32. The number of nitrogens with zero attached hydrogens (tertiary/aromatic N) is 1. The molecule has 3 aromatic rings. The van der Waals surface area contributed by atoms with E-state index in [0.29, 0.717) is 28.8 Å². The van der Waals surface area contributed by atoms with Crippen molar-refractivity contribution in [1.82, 2.24) is 4.98 Å². The number of hydrogen-bond acceptors (Lipinski definition) is 3. The molecule has 4 nitrogen and oxygen atoms in total. The fraction of sp³-hybridized carbons (Fsp3) is 0.111. The summed E-state index contributed by atoms with van der Waals surface area (Å²) in [6, 6.07) is 12.9. The molecule has 1 heterocycles. The van der Waals surface area contributed by atoms with Gasteiger partial charge in [0.15, 0.2) is 11.6 Å². The maximum Gasteiger partial charge on any atom is 0.256 e. The van der Waals surface area contributed by atoms with E-state index in [1.54, 1.807) is 25.1 Å². The number of benzene rings is 2. The lowest BCUT2D eigenvalue weighted by Crippen LogP contribution is -2.13. The Hall–Kier alpha value is -2.66. The smallest absolute Gasteiger partial charge is 0.256 e. The zero-order valence-corrected chi connectivity index (χ0v) is 13.6. The zero-order valence-electron chi connectivity index (χ0n) is 12.8. The van der Waals surface area contributed by atoms with Crippen LogP contribution in [0.3, 0.4) is 0 Å². The molecular weight excluding hydrogens is 331 g/mol. The van der Waals surface area contributed by atoms with Gasteiger partial charge in [0.05, 0.1) is 17.7 Å². The molecule has 1 aromatic heterocycles. The van der Waals surface area contributed by atoms with Gasteiger partial charge in [-0.3, -0.25) is 4.79 Å². The van der Waals surface area contributed by atoms with Crippen molar-refractivity contribution in [3.63, 3.8) is 0 Å². The lowest BCUT2D eigenvalue weighted by molar-refractivity contribution is 0.102. The van der Waals surface area contributed by atoms with Crippen LogP contribution in [-0.4, -0.2) is 17.5 Å². The molecular formula is C18H14ClFN2O2. The van der Waals surface area contributed by atoms with Crippen molar-refractivity contribution in [3.8, 4) is 5.75 Å². The number of ether oxygens (including phenoxy) is 1. The Morgan fingerprint density at radius 1 is 1.25 bits per heavy atom. The molecule has 0 atom stereocenters. The minimum absolute atomic E-state index is 0.146. The van der Waals surface area contributed by atoms with E-state index in [4.69, 9.17) is 16.3 Å². The Morgan fingerprint density at radius 2 is 2.04 bits per heavy atom. The van der Waals surface area contributed by atoms with Crippen LogP contribution < -0.4 is 10.1 Å². The average Bonchev–Trinajstić information content (AvgIpc) is 2.56. The summed E-state index contributed by atoms with van der Waals surface area (Å²) in [7, 11) is 0. The van der Waals surface area contributed by atoms with Crippen LogP contribution in [0.15, 0.2) is 48.5 Å². The molecule has 0 aliphatic carbocycles. The minimum Gasteiger partial charge on any atom is -0.491 e. The number of anilines is 1. The molecule has 0 fully saturated rings. The standard InChI is InChI=1S/C18H14ClFN2O2/c1-2-24-16-8-7-11(9-14(16)20)21-18(23)13-10-17(19)22-15-6-4-3-5-12(13)15/h3-10H,2H2,1H3,(H,21,23). The largest absolute Gasteiger partial charge is 0.491 e. The fourth-order valence-corrected chi connectivity index (χ4v) is 2.58. The van der Waals surface area contributed by atoms with Gasteiger partial charge in [0.1, 0.15) is 5.15 Å². The first-order chi connectivity index (χ1) is 11.6. The van der Waals surface area contributed by atoms with Crippen molar-refractivity contribution in [3.05, 3.63) is 65.1 Å². The molecule has 0 saturated carbocycles. The molecule has 2 aromatic carbocycles. The van der Waals surface area contributed by atoms with Crippen LogP contribution in [0.25, 0.3) is 10.9 Å². The summed E-state index contributed by atoms with van der Waals surface area (Å²) in [6.45, 7) is 2.14. The van der Waals surface area contributed by atoms with Crippen LogP contribution in [0, 0.1) is 5.82 Å². The average molecular weight is 345 g/mol. The molecule has 0 aliphatic heterocycles. The number of fused-ring (bicyclic) bond motifs is 1. The first-order valence-electron chi connectivity index (χ1n) is 7.37. The summed E-state index contributed by atoms with van der Waals surface area (Å²) in [4.78, 5) is 16.7.